The van der Waals surface area contributed by atoms with E-state index in [2.05, 4.69) is 4.98 Å². The number of nitrogens with zero attached hydrogens (tertiary/aromatic N) is 2. The predicted octanol–water partition coefficient (Wildman–Crippen LogP) is 2.32. The van der Waals surface area contributed by atoms with Crippen LogP contribution in [0.15, 0.2) is 54.9 Å². The van der Waals surface area contributed by atoms with Gasteiger partial charge in [0.05, 0.1) is 6.10 Å². The summed E-state index contributed by atoms with van der Waals surface area (Å²) in [6.07, 6.45) is 4.26. The first kappa shape index (κ1) is 16.6. The van der Waals surface area contributed by atoms with Gasteiger partial charge in [-0.05, 0) is 36.1 Å². The second kappa shape index (κ2) is 8.04. The Morgan fingerprint density at radius 1 is 1.25 bits per heavy atom. The summed E-state index contributed by atoms with van der Waals surface area (Å²) in [6, 6.07) is 12.8. The molecule has 1 saturated heterocycles. The fourth-order valence-corrected chi connectivity index (χ4v) is 2.93. The van der Waals surface area contributed by atoms with Crippen molar-refractivity contribution >= 4 is 5.91 Å². The molecule has 0 aliphatic carbocycles. The van der Waals surface area contributed by atoms with Crippen molar-refractivity contribution in [3.63, 3.8) is 0 Å². The summed E-state index contributed by atoms with van der Waals surface area (Å²) in [6.45, 7) is 1.67. The monoisotopic (exact) mass is 326 g/mol. The molecule has 126 valence electrons. The number of pyridine rings is 1. The van der Waals surface area contributed by atoms with Gasteiger partial charge in [-0.25, -0.2) is 0 Å². The van der Waals surface area contributed by atoms with Gasteiger partial charge in [0.2, 0.25) is 0 Å². The van der Waals surface area contributed by atoms with E-state index in [0.717, 1.165) is 25.0 Å². The van der Waals surface area contributed by atoms with Crippen molar-refractivity contribution in [2.24, 2.45) is 0 Å². The summed E-state index contributed by atoms with van der Waals surface area (Å²) >= 11 is 0. The first-order chi connectivity index (χ1) is 11.7. The molecule has 1 aliphatic heterocycles. The fraction of sp³-hybridized carbons (Fsp3) is 0.368. The summed E-state index contributed by atoms with van der Waals surface area (Å²) in [5, 5.41) is 10.5. The Hall–Kier alpha value is -2.24. The molecule has 0 spiro atoms. The van der Waals surface area contributed by atoms with Crippen molar-refractivity contribution in [1.29, 1.82) is 0 Å². The Labute approximate surface area is 141 Å². The minimum Gasteiger partial charge on any atom is -0.378 e. The van der Waals surface area contributed by atoms with Gasteiger partial charge in [0.25, 0.3) is 5.91 Å². The average Bonchev–Trinajstić information content (AvgIpc) is 3.15. The Kier molecular flexibility index (Phi) is 5.56. The highest BCUT2D eigenvalue weighted by atomic mass is 16.5. The summed E-state index contributed by atoms with van der Waals surface area (Å²) in [4.78, 5) is 18.5. The fourth-order valence-electron chi connectivity index (χ4n) is 2.93. The third-order valence-electron chi connectivity index (χ3n) is 4.23. The van der Waals surface area contributed by atoms with Crippen LogP contribution in [0.2, 0.25) is 0 Å². The number of carbonyl (C=O) groups excluding carboxylic acids is 1. The molecule has 3 rings (SSSR count). The van der Waals surface area contributed by atoms with Crippen molar-refractivity contribution in [1.82, 2.24) is 9.88 Å². The molecule has 2 atom stereocenters. The number of benzene rings is 1. The van der Waals surface area contributed by atoms with Crippen molar-refractivity contribution in [2.45, 2.75) is 31.6 Å². The van der Waals surface area contributed by atoms with Crippen LogP contribution < -0.4 is 0 Å². The van der Waals surface area contributed by atoms with Gasteiger partial charge in [-0.2, -0.15) is 0 Å². The molecule has 2 heterocycles. The standard InChI is InChI=1S/C19H22N2O3/c22-18(16-5-2-1-3-6-16)19(23)21(14-17-7-4-12-24-17)13-15-8-10-20-11-9-15/h1-3,5-6,8-11,17-18,22H,4,7,12-14H2. The zero-order valence-corrected chi connectivity index (χ0v) is 13.5. The lowest BCUT2D eigenvalue weighted by molar-refractivity contribution is -0.142. The topological polar surface area (TPSA) is 62.7 Å². The van der Waals surface area contributed by atoms with Gasteiger partial charge in [-0.15, -0.1) is 0 Å². The molecule has 5 heteroatoms. The second-order valence-corrected chi connectivity index (χ2v) is 6.02. The number of hydrogen-bond donors (Lipinski definition) is 1. The van der Waals surface area contributed by atoms with Crippen LogP contribution >= 0.6 is 0 Å². The SMILES string of the molecule is O=C(C(O)c1ccccc1)N(Cc1ccncc1)CC1CCCO1. The summed E-state index contributed by atoms with van der Waals surface area (Å²) in [5.74, 6) is -0.298. The lowest BCUT2D eigenvalue weighted by Gasteiger charge is -2.27. The van der Waals surface area contributed by atoms with Crippen LogP contribution in [-0.2, 0) is 16.1 Å². The quantitative estimate of drug-likeness (QED) is 0.885. The average molecular weight is 326 g/mol. The van der Waals surface area contributed by atoms with E-state index in [1.807, 2.05) is 30.3 Å². The maximum atomic E-state index is 12.8. The third kappa shape index (κ3) is 4.19. The van der Waals surface area contributed by atoms with Gasteiger partial charge in [0, 0.05) is 32.1 Å². The molecule has 1 aromatic heterocycles. The zero-order valence-electron chi connectivity index (χ0n) is 13.5. The van der Waals surface area contributed by atoms with Gasteiger partial charge in [-0.1, -0.05) is 30.3 Å². The van der Waals surface area contributed by atoms with Crippen LogP contribution in [0.5, 0.6) is 0 Å². The van der Waals surface area contributed by atoms with Gasteiger partial charge in [0.1, 0.15) is 0 Å². The second-order valence-electron chi connectivity index (χ2n) is 6.02. The molecular weight excluding hydrogens is 304 g/mol. The van der Waals surface area contributed by atoms with E-state index in [9.17, 15) is 9.90 Å². The van der Waals surface area contributed by atoms with Crippen LogP contribution in [-0.4, -0.2) is 40.2 Å². The van der Waals surface area contributed by atoms with Gasteiger partial charge < -0.3 is 14.7 Å². The first-order valence-corrected chi connectivity index (χ1v) is 8.26. The summed E-state index contributed by atoms with van der Waals surface area (Å²) in [5.41, 5.74) is 1.59. The number of aliphatic hydroxyl groups excluding tert-OH is 1. The van der Waals surface area contributed by atoms with Crippen molar-refractivity contribution in [2.75, 3.05) is 13.2 Å². The maximum Gasteiger partial charge on any atom is 0.256 e. The van der Waals surface area contributed by atoms with E-state index < -0.39 is 6.10 Å². The van der Waals surface area contributed by atoms with Crippen molar-refractivity contribution < 1.29 is 14.6 Å². The highest BCUT2D eigenvalue weighted by molar-refractivity contribution is 5.82. The lowest BCUT2D eigenvalue weighted by atomic mass is 10.1. The number of amides is 1. The zero-order chi connectivity index (χ0) is 16.8. The highest BCUT2D eigenvalue weighted by Gasteiger charge is 2.27. The molecule has 0 bridgehead atoms. The molecule has 1 aromatic carbocycles. The molecule has 0 radical (unpaired) electrons. The smallest absolute Gasteiger partial charge is 0.256 e. The normalized spacial score (nSPS) is 18.3. The van der Waals surface area contributed by atoms with Crippen LogP contribution in [0.4, 0.5) is 0 Å². The number of aliphatic hydroxyl groups is 1. The Balaban J connectivity index is 1.75. The minimum atomic E-state index is -1.16. The van der Waals surface area contributed by atoms with Crippen molar-refractivity contribution in [3.05, 3.63) is 66.0 Å². The van der Waals surface area contributed by atoms with Gasteiger partial charge >= 0.3 is 0 Å². The van der Waals surface area contributed by atoms with Crippen LogP contribution in [0.3, 0.4) is 0 Å². The Bertz CT molecular complexity index is 642. The van der Waals surface area contributed by atoms with E-state index in [1.165, 1.54) is 0 Å². The van der Waals surface area contributed by atoms with E-state index in [4.69, 9.17) is 4.74 Å². The molecule has 24 heavy (non-hydrogen) atoms. The molecule has 1 N–H and O–H groups in total. The highest BCUT2D eigenvalue weighted by Crippen LogP contribution is 2.20. The molecule has 2 aromatic rings. The summed E-state index contributed by atoms with van der Waals surface area (Å²) in [7, 11) is 0. The molecule has 0 saturated carbocycles. The van der Waals surface area contributed by atoms with E-state index in [0.29, 0.717) is 18.7 Å². The van der Waals surface area contributed by atoms with Crippen LogP contribution in [0.25, 0.3) is 0 Å². The number of ether oxygens (including phenoxy) is 1. The molecule has 1 aliphatic rings. The summed E-state index contributed by atoms with van der Waals surface area (Å²) < 4.78 is 5.67. The first-order valence-electron chi connectivity index (χ1n) is 8.26. The number of aromatic nitrogens is 1. The molecule has 1 amide bonds. The third-order valence-corrected chi connectivity index (χ3v) is 4.23. The van der Waals surface area contributed by atoms with E-state index >= 15 is 0 Å². The molecule has 2 unspecified atom stereocenters. The van der Waals surface area contributed by atoms with Gasteiger partial charge in [0.15, 0.2) is 6.10 Å². The molecular formula is C19H22N2O3. The minimum absolute atomic E-state index is 0.0405. The van der Waals surface area contributed by atoms with Crippen LogP contribution in [0, 0.1) is 0 Å². The maximum absolute atomic E-state index is 12.8. The Morgan fingerprint density at radius 3 is 2.67 bits per heavy atom. The lowest BCUT2D eigenvalue weighted by Crippen LogP contribution is -2.39. The van der Waals surface area contributed by atoms with Crippen LogP contribution in [0.1, 0.15) is 30.1 Å². The predicted molar refractivity (Wildman–Crippen MR) is 90.0 cm³/mol. The van der Waals surface area contributed by atoms with Gasteiger partial charge in [-0.3, -0.25) is 9.78 Å². The largest absolute Gasteiger partial charge is 0.378 e. The van der Waals surface area contributed by atoms with E-state index in [-0.39, 0.29) is 12.0 Å². The van der Waals surface area contributed by atoms with E-state index in [1.54, 1.807) is 29.4 Å². The molecule has 1 fully saturated rings. The Morgan fingerprint density at radius 2 is 2.00 bits per heavy atom. The number of hydrogen-bond acceptors (Lipinski definition) is 4. The molecule has 5 nitrogen and oxygen atoms in total. The number of carbonyl (C=O) groups is 1. The number of rotatable bonds is 6. The van der Waals surface area contributed by atoms with Crippen molar-refractivity contribution in [3.8, 4) is 0 Å².